The number of aliphatic imine (C=N–C) groups is 1. The van der Waals surface area contributed by atoms with Gasteiger partial charge in [0.15, 0.2) is 5.96 Å². The summed E-state index contributed by atoms with van der Waals surface area (Å²) < 4.78 is 5.76. The lowest BCUT2D eigenvalue weighted by molar-refractivity contribution is -0.114. The molecule has 0 aliphatic carbocycles. The Balaban J connectivity index is 0.00000420. The van der Waals surface area contributed by atoms with Crippen molar-refractivity contribution < 1.29 is 9.53 Å². The second-order valence-corrected chi connectivity index (χ2v) is 6.56. The van der Waals surface area contributed by atoms with Crippen molar-refractivity contribution in [1.29, 1.82) is 0 Å². The molecule has 2 rings (SSSR count). The SMILES string of the molecule is CCc1ccc(CN(C)C(=NC)NCCOc2cccc(NC(C)=O)c2)cc1.I. The second kappa shape index (κ2) is 13.0. The highest BCUT2D eigenvalue weighted by molar-refractivity contribution is 14.0. The molecule has 0 aliphatic rings. The van der Waals surface area contributed by atoms with Crippen molar-refractivity contribution in [2.45, 2.75) is 26.8 Å². The van der Waals surface area contributed by atoms with E-state index in [2.05, 4.69) is 51.7 Å². The van der Waals surface area contributed by atoms with Crippen LogP contribution >= 0.6 is 24.0 Å². The molecule has 0 aliphatic heterocycles. The van der Waals surface area contributed by atoms with Crippen molar-refractivity contribution in [2.24, 2.45) is 4.99 Å². The summed E-state index contributed by atoms with van der Waals surface area (Å²) >= 11 is 0. The van der Waals surface area contributed by atoms with Crippen molar-refractivity contribution in [3.8, 4) is 5.75 Å². The number of amides is 1. The van der Waals surface area contributed by atoms with Gasteiger partial charge in [-0.1, -0.05) is 37.3 Å². The molecule has 29 heavy (non-hydrogen) atoms. The number of nitrogens with zero attached hydrogens (tertiary/aromatic N) is 2. The largest absolute Gasteiger partial charge is 0.492 e. The maximum atomic E-state index is 11.1. The monoisotopic (exact) mass is 510 g/mol. The average molecular weight is 510 g/mol. The molecule has 0 radical (unpaired) electrons. The van der Waals surface area contributed by atoms with Gasteiger partial charge in [0.1, 0.15) is 12.4 Å². The standard InChI is InChI=1S/C22H30N4O2.HI/c1-5-18-9-11-19(12-10-18)16-26(4)22(23-3)24-13-14-28-21-8-6-7-20(15-21)25-17(2)27;/h6-12,15H,5,13-14,16H2,1-4H3,(H,23,24)(H,25,27);1H. The van der Waals surface area contributed by atoms with Crippen molar-refractivity contribution in [3.63, 3.8) is 0 Å². The first-order chi connectivity index (χ1) is 13.5. The summed E-state index contributed by atoms with van der Waals surface area (Å²) in [6.07, 6.45) is 1.05. The number of ether oxygens (including phenoxy) is 1. The first-order valence-electron chi connectivity index (χ1n) is 9.52. The molecule has 0 spiro atoms. The van der Waals surface area contributed by atoms with Crippen LogP contribution in [0.4, 0.5) is 5.69 Å². The van der Waals surface area contributed by atoms with E-state index in [9.17, 15) is 4.79 Å². The number of anilines is 1. The molecule has 7 heteroatoms. The third kappa shape index (κ3) is 8.72. The number of aryl methyl sites for hydroxylation is 1. The third-order valence-electron chi connectivity index (χ3n) is 4.23. The quantitative estimate of drug-likeness (QED) is 0.245. The van der Waals surface area contributed by atoms with Crippen LogP contribution in [0, 0.1) is 0 Å². The lowest BCUT2D eigenvalue weighted by Crippen LogP contribution is -2.40. The molecule has 0 bridgehead atoms. The number of hydrogen-bond acceptors (Lipinski definition) is 3. The van der Waals surface area contributed by atoms with Crippen LogP contribution in [0.2, 0.25) is 0 Å². The highest BCUT2D eigenvalue weighted by Gasteiger charge is 2.06. The zero-order valence-corrected chi connectivity index (χ0v) is 19.9. The number of carbonyl (C=O) groups excluding carboxylic acids is 1. The number of nitrogens with one attached hydrogen (secondary N) is 2. The van der Waals surface area contributed by atoms with E-state index in [1.807, 2.05) is 31.3 Å². The van der Waals surface area contributed by atoms with Crippen LogP contribution in [0.1, 0.15) is 25.0 Å². The molecule has 158 valence electrons. The van der Waals surface area contributed by atoms with Crippen LogP contribution in [-0.4, -0.2) is 44.0 Å². The van der Waals surface area contributed by atoms with Crippen LogP contribution in [0.25, 0.3) is 0 Å². The van der Waals surface area contributed by atoms with Gasteiger partial charge >= 0.3 is 0 Å². The molecule has 0 unspecified atom stereocenters. The van der Waals surface area contributed by atoms with E-state index in [1.165, 1.54) is 18.1 Å². The molecule has 0 aromatic heterocycles. The van der Waals surface area contributed by atoms with Gasteiger partial charge in [-0.3, -0.25) is 9.79 Å². The van der Waals surface area contributed by atoms with Crippen LogP contribution in [0.15, 0.2) is 53.5 Å². The maximum absolute atomic E-state index is 11.1. The number of benzene rings is 2. The topological polar surface area (TPSA) is 66.0 Å². The smallest absolute Gasteiger partial charge is 0.221 e. The Bertz CT molecular complexity index is 794. The maximum Gasteiger partial charge on any atom is 0.221 e. The summed E-state index contributed by atoms with van der Waals surface area (Å²) in [5, 5.41) is 6.06. The van der Waals surface area contributed by atoms with Gasteiger partial charge in [-0.05, 0) is 29.7 Å². The normalized spacial score (nSPS) is 10.7. The molecular weight excluding hydrogens is 479 g/mol. The first kappa shape index (κ1) is 24.7. The van der Waals surface area contributed by atoms with Crippen molar-refractivity contribution in [2.75, 3.05) is 32.6 Å². The fourth-order valence-electron chi connectivity index (χ4n) is 2.81. The van der Waals surface area contributed by atoms with Gasteiger partial charge < -0.3 is 20.3 Å². The van der Waals surface area contributed by atoms with Crippen molar-refractivity contribution in [1.82, 2.24) is 10.2 Å². The van der Waals surface area contributed by atoms with Gasteiger partial charge in [-0.2, -0.15) is 0 Å². The molecule has 0 saturated carbocycles. The second-order valence-electron chi connectivity index (χ2n) is 6.56. The number of guanidine groups is 1. The molecule has 2 aromatic carbocycles. The Morgan fingerprint density at radius 2 is 1.83 bits per heavy atom. The van der Waals surface area contributed by atoms with Crippen LogP contribution in [-0.2, 0) is 17.8 Å². The minimum absolute atomic E-state index is 0. The van der Waals surface area contributed by atoms with Crippen molar-refractivity contribution in [3.05, 3.63) is 59.7 Å². The molecule has 2 N–H and O–H groups in total. The van der Waals surface area contributed by atoms with Crippen LogP contribution < -0.4 is 15.4 Å². The number of hydrogen-bond donors (Lipinski definition) is 2. The lowest BCUT2D eigenvalue weighted by Gasteiger charge is -2.22. The number of halogens is 1. The van der Waals surface area contributed by atoms with Gasteiger partial charge in [0.05, 0.1) is 6.54 Å². The van der Waals surface area contributed by atoms with Gasteiger partial charge in [0, 0.05) is 39.3 Å². The molecule has 0 heterocycles. The number of rotatable bonds is 8. The summed E-state index contributed by atoms with van der Waals surface area (Å²) in [5.74, 6) is 1.43. The van der Waals surface area contributed by atoms with E-state index >= 15 is 0 Å². The Kier molecular flexibility index (Phi) is 11.1. The Labute approximate surface area is 190 Å². The Morgan fingerprint density at radius 3 is 2.45 bits per heavy atom. The molecule has 1 amide bonds. The van der Waals surface area contributed by atoms with Gasteiger partial charge in [-0.15, -0.1) is 24.0 Å². The van der Waals surface area contributed by atoms with E-state index in [0.717, 1.165) is 24.6 Å². The highest BCUT2D eigenvalue weighted by Crippen LogP contribution is 2.17. The van der Waals surface area contributed by atoms with E-state index in [1.54, 1.807) is 7.05 Å². The minimum Gasteiger partial charge on any atom is -0.492 e. The summed E-state index contributed by atoms with van der Waals surface area (Å²) in [4.78, 5) is 17.6. The minimum atomic E-state index is -0.102. The fraction of sp³-hybridized carbons (Fsp3) is 0.364. The van der Waals surface area contributed by atoms with E-state index in [0.29, 0.717) is 18.9 Å². The summed E-state index contributed by atoms with van der Waals surface area (Å²) in [7, 11) is 3.79. The molecule has 0 fully saturated rings. The predicted molar refractivity (Wildman–Crippen MR) is 130 cm³/mol. The molecule has 0 saturated heterocycles. The summed E-state index contributed by atoms with van der Waals surface area (Å²) in [5.41, 5.74) is 3.31. The lowest BCUT2D eigenvalue weighted by atomic mass is 10.1. The van der Waals surface area contributed by atoms with Crippen LogP contribution in [0.3, 0.4) is 0 Å². The fourth-order valence-corrected chi connectivity index (χ4v) is 2.81. The van der Waals surface area contributed by atoms with Gasteiger partial charge in [0.2, 0.25) is 5.91 Å². The zero-order chi connectivity index (χ0) is 20.4. The first-order valence-corrected chi connectivity index (χ1v) is 9.52. The summed E-state index contributed by atoms with van der Waals surface area (Å²) in [6, 6.07) is 16.0. The highest BCUT2D eigenvalue weighted by atomic mass is 127. The molecule has 0 atom stereocenters. The predicted octanol–water partition coefficient (Wildman–Crippen LogP) is 3.91. The Hall–Kier alpha value is -2.29. The number of carbonyl (C=O) groups is 1. The average Bonchev–Trinajstić information content (AvgIpc) is 2.68. The van der Waals surface area contributed by atoms with Crippen LogP contribution in [0.5, 0.6) is 5.75 Å². The Morgan fingerprint density at radius 1 is 1.14 bits per heavy atom. The van der Waals surface area contributed by atoms with Crippen molar-refractivity contribution >= 4 is 41.5 Å². The summed E-state index contributed by atoms with van der Waals surface area (Å²) in [6.45, 7) is 5.53. The van der Waals surface area contributed by atoms with E-state index in [-0.39, 0.29) is 29.9 Å². The molecule has 6 nitrogen and oxygen atoms in total. The van der Waals surface area contributed by atoms with E-state index < -0.39 is 0 Å². The third-order valence-corrected chi connectivity index (χ3v) is 4.23. The molecule has 2 aromatic rings. The van der Waals surface area contributed by atoms with Gasteiger partial charge in [-0.25, -0.2) is 0 Å². The van der Waals surface area contributed by atoms with E-state index in [4.69, 9.17) is 4.74 Å². The zero-order valence-electron chi connectivity index (χ0n) is 17.6. The molecular formula is C22H31IN4O2. The van der Waals surface area contributed by atoms with Gasteiger partial charge in [0.25, 0.3) is 0 Å².